The van der Waals surface area contributed by atoms with E-state index in [1.54, 1.807) is 0 Å². The Bertz CT molecular complexity index is 730. The molecule has 2 heterocycles. The van der Waals surface area contributed by atoms with Crippen LogP contribution in [0.15, 0.2) is 24.3 Å². The number of carbonyl (C=O) groups is 1. The van der Waals surface area contributed by atoms with E-state index in [1.807, 2.05) is 23.1 Å². The van der Waals surface area contributed by atoms with Crippen LogP contribution in [0, 0.1) is 5.92 Å². The minimum absolute atomic E-state index is 0.169. The van der Waals surface area contributed by atoms with Gasteiger partial charge in [0.15, 0.2) is 9.84 Å². The van der Waals surface area contributed by atoms with Crippen LogP contribution in [0.4, 0.5) is 0 Å². The average Bonchev–Trinajstić information content (AvgIpc) is 2.97. The molecule has 1 aromatic rings. The molecule has 1 unspecified atom stereocenters. The lowest BCUT2D eigenvalue weighted by Gasteiger charge is -2.35. The number of hydrogen-bond donors (Lipinski definition) is 0. The zero-order valence-electron chi connectivity index (χ0n) is 15.1. The largest absolute Gasteiger partial charge is 0.340 e. The Balaban J connectivity index is 1.36. The van der Waals surface area contributed by atoms with E-state index >= 15 is 0 Å². The molecule has 0 aliphatic carbocycles. The Labute approximate surface area is 161 Å². The number of sulfone groups is 1. The fourth-order valence-electron chi connectivity index (χ4n) is 3.79. The number of carbonyl (C=O) groups excluding carboxylic acids is 1. The van der Waals surface area contributed by atoms with Crippen LogP contribution in [-0.2, 0) is 21.1 Å². The van der Waals surface area contributed by atoms with E-state index in [0.717, 1.165) is 44.2 Å². The summed E-state index contributed by atoms with van der Waals surface area (Å²) in [5.74, 6) is 0.890. The van der Waals surface area contributed by atoms with Gasteiger partial charge >= 0.3 is 0 Å². The molecule has 3 rings (SSSR count). The Morgan fingerprint density at radius 3 is 2.62 bits per heavy atom. The van der Waals surface area contributed by atoms with E-state index in [-0.39, 0.29) is 23.3 Å². The second kappa shape index (κ2) is 8.72. The summed E-state index contributed by atoms with van der Waals surface area (Å²) in [5, 5.41) is 0.771. The molecule has 1 amide bonds. The van der Waals surface area contributed by atoms with Gasteiger partial charge in [-0.15, -0.1) is 0 Å². The summed E-state index contributed by atoms with van der Waals surface area (Å²) in [4.78, 5) is 16.7. The molecule has 26 heavy (non-hydrogen) atoms. The molecule has 0 radical (unpaired) electrons. The van der Waals surface area contributed by atoms with Gasteiger partial charge in [-0.05, 0) is 42.9 Å². The highest BCUT2D eigenvalue weighted by Crippen LogP contribution is 2.23. The number of hydrogen-bond acceptors (Lipinski definition) is 4. The number of rotatable bonds is 6. The van der Waals surface area contributed by atoms with Crippen LogP contribution in [0.5, 0.6) is 0 Å². The fraction of sp³-hybridized carbons (Fsp3) is 0.632. The predicted molar refractivity (Wildman–Crippen MR) is 104 cm³/mol. The summed E-state index contributed by atoms with van der Waals surface area (Å²) < 4.78 is 23.0. The second-order valence-corrected chi connectivity index (χ2v) is 10.1. The maximum atomic E-state index is 12.4. The maximum absolute atomic E-state index is 12.4. The molecule has 2 aliphatic rings. The fourth-order valence-corrected chi connectivity index (χ4v) is 5.91. The second-order valence-electron chi connectivity index (χ2n) is 7.41. The van der Waals surface area contributed by atoms with E-state index in [2.05, 4.69) is 11.0 Å². The molecule has 2 saturated heterocycles. The van der Waals surface area contributed by atoms with Crippen LogP contribution in [0.2, 0.25) is 5.02 Å². The molecule has 0 bridgehead atoms. The van der Waals surface area contributed by atoms with Crippen LogP contribution in [0.25, 0.3) is 0 Å². The standard InChI is InChI=1S/C19H27ClN2O3S/c20-18-3-1-2-16(14-18)6-8-21-9-11-22(12-10-21)19(23)5-4-17-7-13-26(24,25)15-17/h1-3,14,17H,4-13,15H2. The van der Waals surface area contributed by atoms with Crippen molar-refractivity contribution in [3.8, 4) is 0 Å². The van der Waals surface area contributed by atoms with Gasteiger partial charge in [0.2, 0.25) is 5.91 Å². The molecule has 7 heteroatoms. The van der Waals surface area contributed by atoms with Gasteiger partial charge in [-0.2, -0.15) is 0 Å². The van der Waals surface area contributed by atoms with Crippen molar-refractivity contribution >= 4 is 27.3 Å². The Morgan fingerprint density at radius 2 is 1.96 bits per heavy atom. The average molecular weight is 399 g/mol. The molecule has 144 valence electrons. The Hall–Kier alpha value is -1.11. The summed E-state index contributed by atoms with van der Waals surface area (Å²) in [5.41, 5.74) is 1.24. The lowest BCUT2D eigenvalue weighted by molar-refractivity contribution is -0.133. The van der Waals surface area contributed by atoms with Crippen molar-refractivity contribution in [1.82, 2.24) is 9.80 Å². The van der Waals surface area contributed by atoms with Crippen molar-refractivity contribution in [3.05, 3.63) is 34.9 Å². The Kier molecular flexibility index (Phi) is 6.59. The first kappa shape index (κ1) is 19.6. The van der Waals surface area contributed by atoms with Crippen molar-refractivity contribution < 1.29 is 13.2 Å². The topological polar surface area (TPSA) is 57.7 Å². The number of nitrogens with zero attached hydrogens (tertiary/aromatic N) is 2. The SMILES string of the molecule is O=C(CCC1CCS(=O)(=O)C1)N1CCN(CCc2cccc(Cl)c2)CC1. The minimum Gasteiger partial charge on any atom is -0.340 e. The van der Waals surface area contributed by atoms with Crippen LogP contribution in [0.1, 0.15) is 24.8 Å². The number of piperazine rings is 1. The minimum atomic E-state index is -2.85. The molecule has 1 atom stereocenters. The van der Waals surface area contributed by atoms with E-state index in [1.165, 1.54) is 5.56 Å². The first-order valence-corrected chi connectivity index (χ1v) is 11.6. The van der Waals surface area contributed by atoms with Crippen LogP contribution in [-0.4, -0.2) is 68.4 Å². The summed E-state index contributed by atoms with van der Waals surface area (Å²) in [6.45, 7) is 4.28. The predicted octanol–water partition coefficient (Wildman–Crippen LogP) is 2.24. The molecule has 2 aliphatic heterocycles. The van der Waals surface area contributed by atoms with Crippen molar-refractivity contribution in [2.45, 2.75) is 25.7 Å². The van der Waals surface area contributed by atoms with E-state index in [9.17, 15) is 13.2 Å². The first-order valence-electron chi connectivity index (χ1n) is 9.36. The molecule has 5 nitrogen and oxygen atoms in total. The summed E-state index contributed by atoms with van der Waals surface area (Å²) in [6, 6.07) is 7.96. The van der Waals surface area contributed by atoms with Crippen molar-refractivity contribution in [2.24, 2.45) is 5.92 Å². The third-order valence-electron chi connectivity index (χ3n) is 5.42. The van der Waals surface area contributed by atoms with Gasteiger partial charge in [-0.1, -0.05) is 23.7 Å². The van der Waals surface area contributed by atoms with Gasteiger partial charge < -0.3 is 4.90 Å². The monoisotopic (exact) mass is 398 g/mol. The van der Waals surface area contributed by atoms with Crippen molar-refractivity contribution in [1.29, 1.82) is 0 Å². The van der Waals surface area contributed by atoms with Crippen LogP contribution < -0.4 is 0 Å². The van der Waals surface area contributed by atoms with E-state index in [4.69, 9.17) is 11.6 Å². The zero-order chi connectivity index (χ0) is 18.6. The molecule has 0 saturated carbocycles. The number of benzene rings is 1. The van der Waals surface area contributed by atoms with Crippen molar-refractivity contribution in [3.63, 3.8) is 0 Å². The molecule has 0 spiro atoms. The maximum Gasteiger partial charge on any atom is 0.222 e. The third-order valence-corrected chi connectivity index (χ3v) is 7.50. The van der Waals surface area contributed by atoms with Gasteiger partial charge in [0.05, 0.1) is 11.5 Å². The van der Waals surface area contributed by atoms with Gasteiger partial charge in [-0.3, -0.25) is 9.69 Å². The molecule has 1 aromatic carbocycles. The lowest BCUT2D eigenvalue weighted by atomic mass is 10.0. The quantitative estimate of drug-likeness (QED) is 0.737. The lowest BCUT2D eigenvalue weighted by Crippen LogP contribution is -2.49. The normalized spacial score (nSPS) is 23.3. The molecule has 2 fully saturated rings. The third kappa shape index (κ3) is 5.69. The smallest absolute Gasteiger partial charge is 0.222 e. The summed E-state index contributed by atoms with van der Waals surface area (Å²) >= 11 is 6.02. The highest BCUT2D eigenvalue weighted by Gasteiger charge is 2.29. The van der Waals surface area contributed by atoms with Gasteiger partial charge in [-0.25, -0.2) is 8.42 Å². The van der Waals surface area contributed by atoms with E-state index < -0.39 is 9.84 Å². The van der Waals surface area contributed by atoms with Gasteiger partial charge in [0.1, 0.15) is 0 Å². The molecule has 0 aromatic heterocycles. The van der Waals surface area contributed by atoms with Gasteiger partial charge in [0, 0.05) is 44.2 Å². The molecular weight excluding hydrogens is 372 g/mol. The van der Waals surface area contributed by atoms with E-state index in [0.29, 0.717) is 19.3 Å². The van der Waals surface area contributed by atoms with Crippen LogP contribution in [0.3, 0.4) is 0 Å². The van der Waals surface area contributed by atoms with Gasteiger partial charge in [0.25, 0.3) is 0 Å². The zero-order valence-corrected chi connectivity index (χ0v) is 16.6. The van der Waals surface area contributed by atoms with Crippen LogP contribution >= 0.6 is 11.6 Å². The Morgan fingerprint density at radius 1 is 1.19 bits per heavy atom. The van der Waals surface area contributed by atoms with Crippen molar-refractivity contribution in [2.75, 3.05) is 44.2 Å². The summed E-state index contributed by atoms with van der Waals surface area (Å²) in [6.07, 6.45) is 2.85. The highest BCUT2D eigenvalue weighted by atomic mass is 35.5. The first-order chi connectivity index (χ1) is 12.4. The number of halogens is 1. The highest BCUT2D eigenvalue weighted by molar-refractivity contribution is 7.91. The summed E-state index contributed by atoms with van der Waals surface area (Å²) in [7, 11) is -2.85. The molecular formula is C19H27ClN2O3S. The number of amides is 1. The molecule has 0 N–H and O–H groups in total.